The van der Waals surface area contributed by atoms with Crippen LogP contribution in [0.1, 0.15) is 13.3 Å². The Kier molecular flexibility index (Phi) is 4.10. The molecule has 0 saturated carbocycles. The Balaban J connectivity index is 1.90. The first-order valence-corrected chi connectivity index (χ1v) is 6.75. The first-order valence-electron chi connectivity index (χ1n) is 5.95. The van der Waals surface area contributed by atoms with Gasteiger partial charge in [-0.3, -0.25) is 4.79 Å². The predicted octanol–water partition coefficient (Wildman–Crippen LogP) is 1.95. The van der Waals surface area contributed by atoms with E-state index in [4.69, 9.17) is 4.74 Å². The maximum absolute atomic E-state index is 12.9. The molecule has 1 aromatic rings. The fourth-order valence-corrected chi connectivity index (χ4v) is 2.45. The second kappa shape index (κ2) is 5.46. The molecule has 1 atom stereocenters. The summed E-state index contributed by atoms with van der Waals surface area (Å²) in [6, 6.07) is 4.01. The first-order chi connectivity index (χ1) is 8.87. The van der Waals surface area contributed by atoms with Crippen molar-refractivity contribution in [2.45, 2.75) is 18.9 Å². The lowest BCUT2D eigenvalue weighted by Crippen LogP contribution is -2.36. The summed E-state index contributed by atoms with van der Waals surface area (Å²) < 4.78 is 18.7. The van der Waals surface area contributed by atoms with Crippen LogP contribution in [0, 0.1) is 5.82 Å². The highest BCUT2D eigenvalue weighted by atomic mass is 79.9. The summed E-state index contributed by atoms with van der Waals surface area (Å²) >= 11 is 3.17. The monoisotopic (exact) mass is 331 g/mol. The zero-order valence-electron chi connectivity index (χ0n) is 10.5. The Bertz CT molecular complexity index is 493. The van der Waals surface area contributed by atoms with E-state index in [1.165, 1.54) is 18.2 Å². The molecule has 4 nitrogen and oxygen atoms in total. The molecule has 1 saturated heterocycles. The van der Waals surface area contributed by atoms with Crippen molar-refractivity contribution in [2.75, 3.05) is 19.7 Å². The molecule has 104 valence electrons. The summed E-state index contributed by atoms with van der Waals surface area (Å²) in [5, 5.41) is 9.79. The summed E-state index contributed by atoms with van der Waals surface area (Å²) in [6.07, 6.45) is 0.568. The largest absolute Gasteiger partial charge is 0.483 e. The highest BCUT2D eigenvalue weighted by molar-refractivity contribution is 9.10. The summed E-state index contributed by atoms with van der Waals surface area (Å²) in [4.78, 5) is 13.5. The molecule has 0 spiro atoms. The molecule has 0 aromatic heterocycles. The van der Waals surface area contributed by atoms with Crippen LogP contribution in [0.5, 0.6) is 5.75 Å². The number of rotatable bonds is 3. The Morgan fingerprint density at radius 3 is 2.95 bits per heavy atom. The second-order valence-electron chi connectivity index (χ2n) is 4.93. The topological polar surface area (TPSA) is 49.8 Å². The van der Waals surface area contributed by atoms with Gasteiger partial charge in [-0.2, -0.15) is 0 Å². The maximum Gasteiger partial charge on any atom is 0.260 e. The Morgan fingerprint density at radius 2 is 2.37 bits per heavy atom. The summed E-state index contributed by atoms with van der Waals surface area (Å²) in [5.74, 6) is -0.143. The van der Waals surface area contributed by atoms with Crippen LogP contribution in [0.25, 0.3) is 0 Å². The van der Waals surface area contributed by atoms with Gasteiger partial charge >= 0.3 is 0 Å². The second-order valence-corrected chi connectivity index (χ2v) is 5.78. The van der Waals surface area contributed by atoms with Gasteiger partial charge < -0.3 is 14.7 Å². The van der Waals surface area contributed by atoms with Crippen LogP contribution in [0.3, 0.4) is 0 Å². The molecule has 1 amide bonds. The number of hydrogen-bond donors (Lipinski definition) is 1. The predicted molar refractivity (Wildman–Crippen MR) is 71.4 cm³/mol. The molecule has 0 aliphatic carbocycles. The highest BCUT2D eigenvalue weighted by Gasteiger charge is 2.33. The Morgan fingerprint density at radius 1 is 1.63 bits per heavy atom. The van der Waals surface area contributed by atoms with Crippen LogP contribution in [-0.2, 0) is 4.79 Å². The molecule has 6 heteroatoms. The third-order valence-corrected chi connectivity index (χ3v) is 3.67. The zero-order chi connectivity index (χ0) is 14.0. The molecule has 1 fully saturated rings. The highest BCUT2D eigenvalue weighted by Crippen LogP contribution is 2.26. The van der Waals surface area contributed by atoms with Gasteiger partial charge in [0.2, 0.25) is 0 Å². The third-order valence-electron chi connectivity index (χ3n) is 3.05. The molecule has 1 heterocycles. The van der Waals surface area contributed by atoms with Crippen molar-refractivity contribution >= 4 is 21.8 Å². The van der Waals surface area contributed by atoms with Crippen LogP contribution in [0.15, 0.2) is 22.7 Å². The molecule has 0 radical (unpaired) electrons. The average Bonchev–Trinajstić information content (AvgIpc) is 2.68. The van der Waals surface area contributed by atoms with Crippen molar-refractivity contribution in [1.29, 1.82) is 0 Å². The minimum absolute atomic E-state index is 0.125. The third kappa shape index (κ3) is 3.67. The van der Waals surface area contributed by atoms with Gasteiger partial charge in [0.1, 0.15) is 11.6 Å². The van der Waals surface area contributed by atoms with E-state index in [-0.39, 0.29) is 18.3 Å². The van der Waals surface area contributed by atoms with Gasteiger partial charge in [0.15, 0.2) is 6.61 Å². The molecule has 1 unspecified atom stereocenters. The number of carbonyl (C=O) groups excluding carboxylic acids is 1. The molecule has 0 bridgehead atoms. The van der Waals surface area contributed by atoms with Crippen molar-refractivity contribution < 1.29 is 19.0 Å². The van der Waals surface area contributed by atoms with Gasteiger partial charge in [0, 0.05) is 13.1 Å². The lowest BCUT2D eigenvalue weighted by Gasteiger charge is -2.19. The number of carbonyl (C=O) groups is 1. The van der Waals surface area contributed by atoms with Crippen molar-refractivity contribution in [3.8, 4) is 5.75 Å². The van der Waals surface area contributed by atoms with Crippen LogP contribution >= 0.6 is 15.9 Å². The van der Waals surface area contributed by atoms with Crippen LogP contribution in [0.4, 0.5) is 4.39 Å². The summed E-state index contributed by atoms with van der Waals surface area (Å²) in [6.45, 7) is 2.43. The molecule has 19 heavy (non-hydrogen) atoms. The van der Waals surface area contributed by atoms with Gasteiger partial charge in [0.05, 0.1) is 10.1 Å². The molecular formula is C13H15BrFNO3. The van der Waals surface area contributed by atoms with Crippen LogP contribution < -0.4 is 4.74 Å². The summed E-state index contributed by atoms with van der Waals surface area (Å²) in [5.41, 5.74) is -0.813. The van der Waals surface area contributed by atoms with Gasteiger partial charge in [-0.05, 0) is 47.5 Å². The number of benzene rings is 1. The van der Waals surface area contributed by atoms with E-state index in [1.807, 2.05) is 0 Å². The van der Waals surface area contributed by atoms with Crippen molar-refractivity contribution in [3.63, 3.8) is 0 Å². The molecule has 2 rings (SSSR count). The van der Waals surface area contributed by atoms with Crippen LogP contribution in [-0.4, -0.2) is 41.2 Å². The van der Waals surface area contributed by atoms with Gasteiger partial charge in [-0.1, -0.05) is 0 Å². The number of β-amino-alcohol motifs (C(OH)–C–C–N with tert-alkyl or cyclic N) is 1. The van der Waals surface area contributed by atoms with Crippen molar-refractivity contribution in [2.24, 2.45) is 0 Å². The van der Waals surface area contributed by atoms with Crippen LogP contribution in [0.2, 0.25) is 0 Å². The fourth-order valence-electron chi connectivity index (χ4n) is 1.98. The Hall–Kier alpha value is -1.14. The standard InChI is InChI=1S/C13H15BrFNO3/c1-13(18)4-5-16(8-13)12(17)7-19-11-3-2-9(15)6-10(11)14/h2-3,6,18H,4-5,7-8H2,1H3. The zero-order valence-corrected chi connectivity index (χ0v) is 12.1. The van der Waals surface area contributed by atoms with Gasteiger partial charge in [-0.25, -0.2) is 4.39 Å². The number of hydrogen-bond acceptors (Lipinski definition) is 3. The smallest absolute Gasteiger partial charge is 0.260 e. The van der Waals surface area contributed by atoms with E-state index < -0.39 is 5.60 Å². The average molecular weight is 332 g/mol. The molecule has 1 N–H and O–H groups in total. The van der Waals surface area contributed by atoms with E-state index in [0.717, 1.165) is 0 Å². The molecule has 1 aliphatic heterocycles. The molecule has 1 aromatic carbocycles. The molecule has 1 aliphatic rings. The number of amides is 1. The van der Waals surface area contributed by atoms with Gasteiger partial charge in [-0.15, -0.1) is 0 Å². The lowest BCUT2D eigenvalue weighted by atomic mass is 10.1. The molecular weight excluding hydrogens is 317 g/mol. The summed E-state index contributed by atoms with van der Waals surface area (Å²) in [7, 11) is 0. The lowest BCUT2D eigenvalue weighted by molar-refractivity contribution is -0.133. The fraction of sp³-hybridized carbons (Fsp3) is 0.462. The van der Waals surface area contributed by atoms with Gasteiger partial charge in [0.25, 0.3) is 5.91 Å². The van der Waals surface area contributed by atoms with E-state index in [0.29, 0.717) is 29.7 Å². The quantitative estimate of drug-likeness (QED) is 0.921. The normalized spacial score (nSPS) is 22.6. The Labute approximate surface area is 119 Å². The van der Waals surface area contributed by atoms with E-state index in [9.17, 15) is 14.3 Å². The minimum Gasteiger partial charge on any atom is -0.483 e. The van der Waals surface area contributed by atoms with E-state index >= 15 is 0 Å². The first kappa shape index (κ1) is 14.3. The number of aliphatic hydroxyl groups is 1. The SMILES string of the molecule is CC1(O)CCN(C(=O)COc2ccc(F)cc2Br)C1. The number of halogens is 2. The van der Waals surface area contributed by atoms with E-state index in [1.54, 1.807) is 11.8 Å². The van der Waals surface area contributed by atoms with E-state index in [2.05, 4.69) is 15.9 Å². The number of nitrogens with zero attached hydrogens (tertiary/aromatic N) is 1. The number of likely N-dealkylation sites (tertiary alicyclic amines) is 1. The maximum atomic E-state index is 12.9. The number of ether oxygens (including phenoxy) is 1. The minimum atomic E-state index is -0.813. The van der Waals surface area contributed by atoms with Crippen molar-refractivity contribution in [1.82, 2.24) is 4.90 Å². The van der Waals surface area contributed by atoms with Crippen molar-refractivity contribution in [3.05, 3.63) is 28.5 Å².